The summed E-state index contributed by atoms with van der Waals surface area (Å²) in [5.41, 5.74) is 6.20. The lowest BCUT2D eigenvalue weighted by Gasteiger charge is -2.35. The van der Waals surface area contributed by atoms with Crippen molar-refractivity contribution in [3.63, 3.8) is 0 Å². The van der Waals surface area contributed by atoms with Crippen LogP contribution >= 0.6 is 23.8 Å². The van der Waals surface area contributed by atoms with Gasteiger partial charge >= 0.3 is 0 Å². The molecule has 0 spiro atoms. The average Bonchev–Trinajstić information content (AvgIpc) is 2.52. The van der Waals surface area contributed by atoms with Crippen molar-refractivity contribution in [1.29, 1.82) is 0 Å². The van der Waals surface area contributed by atoms with Gasteiger partial charge in [0, 0.05) is 11.1 Å². The van der Waals surface area contributed by atoms with Gasteiger partial charge in [0.2, 0.25) is 5.91 Å². The van der Waals surface area contributed by atoms with E-state index in [-0.39, 0.29) is 12.3 Å². The summed E-state index contributed by atoms with van der Waals surface area (Å²) in [6.07, 6.45) is 3.81. The molecule has 126 valence electrons. The number of halogens is 1. The van der Waals surface area contributed by atoms with Crippen molar-refractivity contribution in [2.45, 2.75) is 45.6 Å². The highest BCUT2D eigenvalue weighted by Crippen LogP contribution is 2.29. The zero-order valence-corrected chi connectivity index (χ0v) is 15.1. The van der Waals surface area contributed by atoms with Crippen LogP contribution in [0.4, 0.5) is 0 Å². The summed E-state index contributed by atoms with van der Waals surface area (Å²) in [6, 6.07) is 7.67. The molecule has 0 aromatic heterocycles. The van der Waals surface area contributed by atoms with E-state index in [1.54, 1.807) is 6.07 Å². The summed E-state index contributed by atoms with van der Waals surface area (Å²) in [7, 11) is 0. The molecule has 0 heterocycles. The minimum absolute atomic E-state index is 0.174. The number of amides is 1. The number of thiocarbonyl (C=S) groups is 1. The smallest absolute Gasteiger partial charge is 0.242 e. The Bertz CT molecular complexity index is 567. The predicted octanol–water partition coefficient (Wildman–Crippen LogP) is 3.20. The fourth-order valence-electron chi connectivity index (χ4n) is 2.98. The molecule has 6 heteroatoms. The van der Waals surface area contributed by atoms with Gasteiger partial charge in [0.05, 0.1) is 6.42 Å². The van der Waals surface area contributed by atoms with Crippen LogP contribution in [0.3, 0.4) is 0 Å². The lowest BCUT2D eigenvalue weighted by Crippen LogP contribution is -2.52. The van der Waals surface area contributed by atoms with Crippen LogP contribution in [0.15, 0.2) is 24.3 Å². The SMILES string of the molecule is C[C@@H]1[C@@H](C)CCC[C@H]1NC(=S)NNC(=O)Cc1ccccc1Cl. The maximum atomic E-state index is 12.0. The number of hydrogen-bond donors (Lipinski definition) is 3. The molecule has 0 saturated heterocycles. The van der Waals surface area contributed by atoms with E-state index in [9.17, 15) is 4.79 Å². The third-order valence-corrected chi connectivity index (χ3v) is 5.24. The zero-order valence-electron chi connectivity index (χ0n) is 13.6. The standard InChI is InChI=1S/C17H24ClN3OS/c1-11-6-5-9-15(12(11)2)19-17(23)21-20-16(22)10-13-7-3-4-8-14(13)18/h3-4,7-8,11-12,15H,5-6,9-10H2,1-2H3,(H,20,22)(H2,19,21,23)/t11-,12+,15+/m0/s1. The monoisotopic (exact) mass is 353 g/mol. The molecule has 4 nitrogen and oxygen atoms in total. The van der Waals surface area contributed by atoms with Crippen LogP contribution in [-0.2, 0) is 11.2 Å². The van der Waals surface area contributed by atoms with E-state index in [1.807, 2.05) is 18.2 Å². The van der Waals surface area contributed by atoms with Gasteiger partial charge in [-0.25, -0.2) is 0 Å². The third-order valence-electron chi connectivity index (χ3n) is 4.65. The summed E-state index contributed by atoms with van der Waals surface area (Å²) in [5, 5.41) is 4.36. The van der Waals surface area contributed by atoms with Crippen molar-refractivity contribution in [2.24, 2.45) is 11.8 Å². The topological polar surface area (TPSA) is 53.2 Å². The highest BCUT2D eigenvalue weighted by molar-refractivity contribution is 7.80. The lowest BCUT2D eigenvalue weighted by atomic mass is 9.78. The zero-order chi connectivity index (χ0) is 16.8. The first-order valence-corrected chi connectivity index (χ1v) is 8.84. The molecule has 23 heavy (non-hydrogen) atoms. The highest BCUT2D eigenvalue weighted by atomic mass is 35.5. The van der Waals surface area contributed by atoms with Gasteiger partial charge < -0.3 is 5.32 Å². The van der Waals surface area contributed by atoms with E-state index in [0.717, 1.165) is 12.0 Å². The highest BCUT2D eigenvalue weighted by Gasteiger charge is 2.27. The van der Waals surface area contributed by atoms with Crippen LogP contribution in [0.1, 0.15) is 38.7 Å². The molecule has 1 saturated carbocycles. The normalized spacial score (nSPS) is 23.9. The third kappa shape index (κ3) is 5.36. The van der Waals surface area contributed by atoms with E-state index in [1.165, 1.54) is 12.8 Å². The molecule has 1 amide bonds. The molecule has 1 aromatic rings. The van der Waals surface area contributed by atoms with Crippen LogP contribution in [-0.4, -0.2) is 17.1 Å². The van der Waals surface area contributed by atoms with E-state index in [2.05, 4.69) is 30.0 Å². The molecule has 3 atom stereocenters. The number of hydrogen-bond acceptors (Lipinski definition) is 2. The van der Waals surface area contributed by atoms with Crippen molar-refractivity contribution >= 4 is 34.8 Å². The summed E-state index contributed by atoms with van der Waals surface area (Å²) in [6.45, 7) is 4.53. The quantitative estimate of drug-likeness (QED) is 0.577. The van der Waals surface area contributed by atoms with Gasteiger partial charge in [-0.1, -0.05) is 56.5 Å². The summed E-state index contributed by atoms with van der Waals surface area (Å²) in [5.74, 6) is 1.09. The number of benzene rings is 1. The molecule has 3 N–H and O–H groups in total. The molecular weight excluding hydrogens is 330 g/mol. The molecule has 1 aliphatic rings. The fourth-order valence-corrected chi connectivity index (χ4v) is 3.38. The molecule has 1 fully saturated rings. The Kier molecular flexibility index (Phi) is 6.66. The molecule has 0 bridgehead atoms. The summed E-state index contributed by atoms with van der Waals surface area (Å²) >= 11 is 11.3. The summed E-state index contributed by atoms with van der Waals surface area (Å²) in [4.78, 5) is 12.0. The van der Waals surface area contributed by atoms with E-state index >= 15 is 0 Å². The number of hydrazine groups is 1. The van der Waals surface area contributed by atoms with Crippen LogP contribution in [0.25, 0.3) is 0 Å². The molecular formula is C17H24ClN3OS. The van der Waals surface area contributed by atoms with E-state index < -0.39 is 0 Å². The Hall–Kier alpha value is -1.33. The Morgan fingerprint density at radius 3 is 2.74 bits per heavy atom. The van der Waals surface area contributed by atoms with Crippen LogP contribution in [0, 0.1) is 11.8 Å². The first-order valence-electron chi connectivity index (χ1n) is 8.06. The summed E-state index contributed by atoms with van der Waals surface area (Å²) < 4.78 is 0. The van der Waals surface area contributed by atoms with Gasteiger partial charge in [0.15, 0.2) is 5.11 Å². The second kappa shape index (κ2) is 8.50. The van der Waals surface area contributed by atoms with Gasteiger partial charge in [-0.15, -0.1) is 0 Å². The van der Waals surface area contributed by atoms with Crippen LogP contribution in [0.2, 0.25) is 5.02 Å². The van der Waals surface area contributed by atoms with Crippen molar-refractivity contribution in [1.82, 2.24) is 16.2 Å². The number of carbonyl (C=O) groups is 1. The van der Waals surface area contributed by atoms with Gasteiger partial charge in [-0.05, 0) is 42.1 Å². The Labute approximate surface area is 148 Å². The molecule has 0 radical (unpaired) electrons. The molecule has 2 rings (SSSR count). The number of carbonyl (C=O) groups excluding carboxylic acids is 1. The van der Waals surface area contributed by atoms with Crippen molar-refractivity contribution in [3.05, 3.63) is 34.9 Å². The predicted molar refractivity (Wildman–Crippen MR) is 98.1 cm³/mol. The molecule has 1 aliphatic carbocycles. The lowest BCUT2D eigenvalue weighted by molar-refractivity contribution is -0.121. The largest absolute Gasteiger partial charge is 0.358 e. The van der Waals surface area contributed by atoms with Crippen molar-refractivity contribution < 1.29 is 4.79 Å². The van der Waals surface area contributed by atoms with E-state index in [0.29, 0.717) is 28.0 Å². The van der Waals surface area contributed by atoms with Gasteiger partial charge in [-0.3, -0.25) is 15.6 Å². The second-order valence-corrected chi connectivity index (χ2v) is 7.10. The first kappa shape index (κ1) is 18.0. The Balaban J connectivity index is 1.76. The van der Waals surface area contributed by atoms with Gasteiger partial charge in [0.25, 0.3) is 0 Å². The minimum Gasteiger partial charge on any atom is -0.358 e. The van der Waals surface area contributed by atoms with Crippen molar-refractivity contribution in [3.8, 4) is 0 Å². The number of rotatable bonds is 3. The van der Waals surface area contributed by atoms with E-state index in [4.69, 9.17) is 23.8 Å². The van der Waals surface area contributed by atoms with Crippen LogP contribution < -0.4 is 16.2 Å². The van der Waals surface area contributed by atoms with Crippen molar-refractivity contribution in [2.75, 3.05) is 0 Å². The van der Waals surface area contributed by atoms with Crippen LogP contribution in [0.5, 0.6) is 0 Å². The number of nitrogens with one attached hydrogen (secondary N) is 3. The molecule has 0 aliphatic heterocycles. The first-order chi connectivity index (χ1) is 11.0. The fraction of sp³-hybridized carbons (Fsp3) is 0.529. The Morgan fingerprint density at radius 1 is 1.26 bits per heavy atom. The molecule has 1 aromatic carbocycles. The van der Waals surface area contributed by atoms with Gasteiger partial charge in [0.1, 0.15) is 0 Å². The minimum atomic E-state index is -0.174. The average molecular weight is 354 g/mol. The second-order valence-electron chi connectivity index (χ2n) is 6.29. The maximum Gasteiger partial charge on any atom is 0.242 e. The Morgan fingerprint density at radius 2 is 2.00 bits per heavy atom. The maximum absolute atomic E-state index is 12.0. The molecule has 0 unspecified atom stereocenters. The van der Waals surface area contributed by atoms with Gasteiger partial charge in [-0.2, -0.15) is 0 Å².